The van der Waals surface area contributed by atoms with E-state index in [-0.39, 0.29) is 25.0 Å². The number of rotatable bonds is 7. The van der Waals surface area contributed by atoms with Crippen molar-refractivity contribution in [1.29, 1.82) is 0 Å². The molecule has 156 valence electrons. The van der Waals surface area contributed by atoms with E-state index in [1.54, 1.807) is 36.7 Å². The molecule has 7 heteroatoms. The Morgan fingerprint density at radius 2 is 1.84 bits per heavy atom. The highest BCUT2D eigenvalue weighted by Crippen LogP contribution is 2.30. The maximum atomic E-state index is 12.8. The summed E-state index contributed by atoms with van der Waals surface area (Å²) in [6.45, 7) is 0.337. The molecule has 4 aromatic rings. The van der Waals surface area contributed by atoms with Gasteiger partial charge >= 0.3 is 5.97 Å². The molecule has 0 bridgehead atoms. The molecule has 4 rings (SSSR count). The molecule has 0 unspecified atom stereocenters. The fourth-order valence-electron chi connectivity index (χ4n) is 3.20. The van der Waals surface area contributed by atoms with E-state index < -0.39 is 5.92 Å². The number of fused-ring (bicyclic) bond motifs is 1. The van der Waals surface area contributed by atoms with Gasteiger partial charge in [-0.3, -0.25) is 9.78 Å². The van der Waals surface area contributed by atoms with E-state index in [4.69, 9.17) is 10.5 Å². The van der Waals surface area contributed by atoms with Crippen LogP contribution in [-0.4, -0.2) is 23.4 Å². The Morgan fingerprint density at radius 1 is 1.06 bits per heavy atom. The van der Waals surface area contributed by atoms with Gasteiger partial charge < -0.3 is 15.8 Å². The van der Waals surface area contributed by atoms with Gasteiger partial charge in [0.25, 0.3) is 0 Å². The summed E-state index contributed by atoms with van der Waals surface area (Å²) >= 11 is 1.47. The number of amides is 1. The van der Waals surface area contributed by atoms with Gasteiger partial charge in [-0.1, -0.05) is 42.5 Å². The lowest BCUT2D eigenvalue weighted by Gasteiger charge is -2.15. The van der Waals surface area contributed by atoms with Crippen LogP contribution in [0.15, 0.2) is 79.1 Å². The summed E-state index contributed by atoms with van der Waals surface area (Å²) in [5.74, 6) is -1.02. The SMILES string of the molecule is NC[C@@H](C(=O)Nc1cc2ccncc2s1)c1ccc(COC(=O)c2ccccc2)cc1. The summed E-state index contributed by atoms with van der Waals surface area (Å²) in [6, 6.07) is 20.1. The van der Waals surface area contributed by atoms with Crippen LogP contribution < -0.4 is 11.1 Å². The van der Waals surface area contributed by atoms with Gasteiger partial charge in [0.2, 0.25) is 5.91 Å². The second-order valence-corrected chi connectivity index (χ2v) is 8.07. The number of esters is 1. The number of carbonyl (C=O) groups is 2. The lowest BCUT2D eigenvalue weighted by atomic mass is 9.97. The predicted octanol–water partition coefficient (Wildman–Crippen LogP) is 4.33. The molecule has 0 fully saturated rings. The molecule has 0 radical (unpaired) electrons. The zero-order valence-corrected chi connectivity index (χ0v) is 17.5. The Labute approximate surface area is 183 Å². The van der Waals surface area contributed by atoms with Gasteiger partial charge in [0.05, 0.1) is 21.2 Å². The molecule has 1 amide bonds. The highest BCUT2D eigenvalue weighted by molar-refractivity contribution is 7.22. The van der Waals surface area contributed by atoms with Crippen molar-refractivity contribution in [2.45, 2.75) is 12.5 Å². The minimum atomic E-state index is -0.482. The third-order valence-corrected chi connectivity index (χ3v) is 5.88. The Morgan fingerprint density at radius 3 is 2.55 bits per heavy atom. The van der Waals surface area contributed by atoms with E-state index in [0.29, 0.717) is 5.56 Å². The first kappa shape index (κ1) is 20.7. The highest BCUT2D eigenvalue weighted by atomic mass is 32.1. The summed E-state index contributed by atoms with van der Waals surface area (Å²) < 4.78 is 6.36. The van der Waals surface area contributed by atoms with Crippen molar-refractivity contribution in [3.8, 4) is 0 Å². The van der Waals surface area contributed by atoms with E-state index in [1.807, 2.05) is 42.5 Å². The summed E-state index contributed by atoms with van der Waals surface area (Å²) in [7, 11) is 0. The number of anilines is 1. The number of benzene rings is 2. The first-order valence-corrected chi connectivity index (χ1v) is 10.6. The predicted molar refractivity (Wildman–Crippen MR) is 122 cm³/mol. The number of hydrogen-bond donors (Lipinski definition) is 2. The number of pyridine rings is 1. The number of aromatic nitrogens is 1. The van der Waals surface area contributed by atoms with Crippen LogP contribution in [0.3, 0.4) is 0 Å². The monoisotopic (exact) mass is 431 g/mol. The number of nitrogens with one attached hydrogen (secondary N) is 1. The molecule has 2 aromatic heterocycles. The van der Waals surface area contributed by atoms with Gasteiger partial charge in [0.1, 0.15) is 6.61 Å². The van der Waals surface area contributed by atoms with Crippen molar-refractivity contribution in [1.82, 2.24) is 4.98 Å². The van der Waals surface area contributed by atoms with Gasteiger partial charge in [-0.15, -0.1) is 11.3 Å². The molecule has 1 atom stereocenters. The fourth-order valence-corrected chi connectivity index (χ4v) is 4.13. The van der Waals surface area contributed by atoms with Gasteiger partial charge in [0.15, 0.2) is 0 Å². The maximum absolute atomic E-state index is 12.8. The van der Waals surface area contributed by atoms with Gasteiger partial charge in [0, 0.05) is 18.9 Å². The molecular formula is C24H21N3O3S. The van der Waals surface area contributed by atoms with Crippen molar-refractivity contribution in [3.05, 3.63) is 95.8 Å². The Bertz CT molecular complexity index is 1160. The molecule has 6 nitrogen and oxygen atoms in total. The van der Waals surface area contributed by atoms with E-state index in [2.05, 4.69) is 10.3 Å². The van der Waals surface area contributed by atoms with E-state index in [0.717, 1.165) is 26.2 Å². The molecule has 0 saturated heterocycles. The smallest absolute Gasteiger partial charge is 0.338 e. The number of nitrogens with zero attached hydrogens (tertiary/aromatic N) is 1. The van der Waals surface area contributed by atoms with Gasteiger partial charge in [-0.05, 0) is 40.8 Å². The van der Waals surface area contributed by atoms with Crippen LogP contribution in [0.1, 0.15) is 27.4 Å². The van der Waals surface area contributed by atoms with Crippen molar-refractivity contribution < 1.29 is 14.3 Å². The second kappa shape index (κ2) is 9.51. The van der Waals surface area contributed by atoms with E-state index in [1.165, 1.54) is 11.3 Å². The van der Waals surface area contributed by atoms with Crippen molar-refractivity contribution >= 4 is 38.3 Å². The summed E-state index contributed by atoms with van der Waals surface area (Å²) in [4.78, 5) is 29.0. The lowest BCUT2D eigenvalue weighted by Crippen LogP contribution is -2.27. The average Bonchev–Trinajstić information content (AvgIpc) is 3.21. The van der Waals surface area contributed by atoms with Crippen LogP contribution in [0.4, 0.5) is 5.00 Å². The number of hydrogen-bond acceptors (Lipinski definition) is 6. The number of nitrogens with two attached hydrogens (primary N) is 1. The van der Waals surface area contributed by atoms with Crippen LogP contribution in [-0.2, 0) is 16.1 Å². The van der Waals surface area contributed by atoms with Crippen LogP contribution >= 0.6 is 11.3 Å². The molecule has 0 aliphatic heterocycles. The Balaban J connectivity index is 1.39. The molecule has 0 spiro atoms. The lowest BCUT2D eigenvalue weighted by molar-refractivity contribution is -0.117. The standard InChI is InChI=1S/C24H21N3O3S/c25-13-20(23(28)27-22-12-19-10-11-26-14-21(19)31-22)17-8-6-16(7-9-17)15-30-24(29)18-4-2-1-3-5-18/h1-12,14,20H,13,15,25H2,(H,27,28)/t20-/m1/s1. The summed E-state index contributed by atoms with van der Waals surface area (Å²) in [5.41, 5.74) is 8.05. The maximum Gasteiger partial charge on any atom is 0.338 e. The quantitative estimate of drug-likeness (QED) is 0.425. The minimum Gasteiger partial charge on any atom is -0.457 e. The molecule has 3 N–H and O–H groups in total. The third-order valence-electron chi connectivity index (χ3n) is 4.88. The van der Waals surface area contributed by atoms with Crippen molar-refractivity contribution in [3.63, 3.8) is 0 Å². The zero-order chi connectivity index (χ0) is 21.6. The Hall–Kier alpha value is -3.55. The highest BCUT2D eigenvalue weighted by Gasteiger charge is 2.20. The molecule has 2 heterocycles. The van der Waals surface area contributed by atoms with Crippen LogP contribution in [0.25, 0.3) is 10.1 Å². The van der Waals surface area contributed by atoms with E-state index >= 15 is 0 Å². The molecule has 2 aromatic carbocycles. The first-order chi connectivity index (χ1) is 15.1. The molecule has 31 heavy (non-hydrogen) atoms. The number of thiophene rings is 1. The minimum absolute atomic E-state index is 0.156. The fraction of sp³-hybridized carbons (Fsp3) is 0.125. The van der Waals surface area contributed by atoms with Crippen LogP contribution in [0.5, 0.6) is 0 Å². The van der Waals surface area contributed by atoms with Gasteiger partial charge in [-0.25, -0.2) is 4.79 Å². The number of carbonyl (C=O) groups excluding carboxylic acids is 2. The zero-order valence-electron chi connectivity index (χ0n) is 16.7. The molecular weight excluding hydrogens is 410 g/mol. The van der Waals surface area contributed by atoms with Gasteiger partial charge in [-0.2, -0.15) is 0 Å². The summed E-state index contributed by atoms with van der Waals surface area (Å²) in [6.07, 6.45) is 3.50. The molecule has 0 aliphatic rings. The van der Waals surface area contributed by atoms with E-state index in [9.17, 15) is 9.59 Å². The second-order valence-electron chi connectivity index (χ2n) is 6.99. The third kappa shape index (κ3) is 4.96. The normalized spacial score (nSPS) is 11.8. The molecule has 0 saturated carbocycles. The number of ether oxygens (including phenoxy) is 1. The largest absolute Gasteiger partial charge is 0.457 e. The Kier molecular flexibility index (Phi) is 6.35. The topological polar surface area (TPSA) is 94.3 Å². The summed E-state index contributed by atoms with van der Waals surface area (Å²) in [5, 5.41) is 4.75. The first-order valence-electron chi connectivity index (χ1n) is 9.79. The van der Waals surface area contributed by atoms with Crippen LogP contribution in [0, 0.1) is 0 Å². The van der Waals surface area contributed by atoms with Crippen molar-refractivity contribution in [2.24, 2.45) is 5.73 Å². The average molecular weight is 432 g/mol. The molecule has 0 aliphatic carbocycles. The van der Waals surface area contributed by atoms with Crippen LogP contribution in [0.2, 0.25) is 0 Å². The van der Waals surface area contributed by atoms with Crippen molar-refractivity contribution in [2.75, 3.05) is 11.9 Å².